The number of sulfonamides is 1. The lowest BCUT2D eigenvalue weighted by molar-refractivity contribution is 0.247. The summed E-state index contributed by atoms with van der Waals surface area (Å²) in [5.41, 5.74) is 5.36. The predicted molar refractivity (Wildman–Crippen MR) is 51.4 cm³/mol. The average molecular weight is 222 g/mol. The topological polar surface area (TPSA) is 99.2 Å². The molecule has 3 N–H and O–H groups in total. The normalized spacial score (nSPS) is 21.2. The van der Waals surface area contributed by atoms with Crippen molar-refractivity contribution in [2.75, 3.05) is 32.4 Å². The first-order valence-electron chi connectivity index (χ1n) is 4.12. The third-order valence-electron chi connectivity index (χ3n) is 2.13. The molecular weight excluding hydrogens is 208 g/mol. The summed E-state index contributed by atoms with van der Waals surface area (Å²) in [6.45, 7) is 1.63. The van der Waals surface area contributed by atoms with Crippen LogP contribution in [0, 0.1) is 0 Å². The van der Waals surface area contributed by atoms with E-state index < -0.39 is 10.0 Å². The van der Waals surface area contributed by atoms with Crippen molar-refractivity contribution in [3.8, 4) is 0 Å². The molecule has 0 aromatic rings. The Labute approximate surface area is 82.8 Å². The van der Waals surface area contributed by atoms with E-state index in [9.17, 15) is 8.42 Å². The molecule has 0 amide bonds. The summed E-state index contributed by atoms with van der Waals surface area (Å²) < 4.78 is 23.6. The monoisotopic (exact) mass is 222 g/mol. The van der Waals surface area contributed by atoms with Crippen molar-refractivity contribution in [2.24, 2.45) is 10.9 Å². The fourth-order valence-electron chi connectivity index (χ4n) is 1.31. The molecule has 1 aliphatic rings. The summed E-state index contributed by atoms with van der Waals surface area (Å²) in [4.78, 5) is 1.63. The molecule has 82 valence electrons. The molecular formula is C6H14N4O3S. The number of piperazine rings is 1. The fourth-order valence-corrected chi connectivity index (χ4v) is 2.14. The van der Waals surface area contributed by atoms with E-state index >= 15 is 0 Å². The van der Waals surface area contributed by atoms with Gasteiger partial charge in [0.1, 0.15) is 0 Å². The van der Waals surface area contributed by atoms with Crippen LogP contribution in [0.15, 0.2) is 5.16 Å². The number of rotatable bonds is 1. The summed E-state index contributed by atoms with van der Waals surface area (Å²) in [6, 6.07) is 0. The molecule has 0 aromatic carbocycles. The first-order chi connectivity index (χ1) is 6.45. The van der Waals surface area contributed by atoms with E-state index in [2.05, 4.69) is 5.16 Å². The van der Waals surface area contributed by atoms with Crippen molar-refractivity contribution in [1.29, 1.82) is 0 Å². The van der Waals surface area contributed by atoms with Gasteiger partial charge < -0.3 is 15.8 Å². The first kappa shape index (κ1) is 11.1. The second kappa shape index (κ2) is 4.01. The van der Waals surface area contributed by atoms with E-state index in [1.54, 1.807) is 4.90 Å². The van der Waals surface area contributed by atoms with Gasteiger partial charge >= 0.3 is 0 Å². The zero-order valence-corrected chi connectivity index (χ0v) is 8.74. The maximum absolute atomic E-state index is 11.1. The van der Waals surface area contributed by atoms with Crippen LogP contribution in [0.5, 0.6) is 0 Å². The predicted octanol–water partition coefficient (Wildman–Crippen LogP) is -1.73. The van der Waals surface area contributed by atoms with Crippen LogP contribution >= 0.6 is 0 Å². The maximum Gasteiger partial charge on any atom is 0.233 e. The molecule has 1 rings (SSSR count). The van der Waals surface area contributed by atoms with Crippen molar-refractivity contribution >= 4 is 16.0 Å². The van der Waals surface area contributed by atoms with Gasteiger partial charge in [-0.05, 0) is 0 Å². The molecule has 0 bridgehead atoms. The maximum atomic E-state index is 11.1. The van der Waals surface area contributed by atoms with Gasteiger partial charge in [-0.15, -0.1) is 0 Å². The van der Waals surface area contributed by atoms with Crippen LogP contribution in [0.4, 0.5) is 0 Å². The Morgan fingerprint density at radius 1 is 1.36 bits per heavy atom. The molecule has 1 saturated heterocycles. The van der Waals surface area contributed by atoms with Crippen molar-refractivity contribution in [1.82, 2.24) is 9.21 Å². The minimum absolute atomic E-state index is 0.0261. The Morgan fingerprint density at radius 3 is 2.21 bits per heavy atom. The van der Waals surface area contributed by atoms with Gasteiger partial charge in [0.15, 0.2) is 0 Å². The van der Waals surface area contributed by atoms with E-state index in [0.717, 1.165) is 0 Å². The fraction of sp³-hybridized carbons (Fsp3) is 0.833. The summed E-state index contributed by atoms with van der Waals surface area (Å²) in [5.74, 6) is 0.0261. The van der Waals surface area contributed by atoms with E-state index in [1.165, 1.54) is 10.6 Å². The SMILES string of the molecule is CS(=O)(=O)N1CCN(C(N)=NO)CC1. The van der Waals surface area contributed by atoms with Gasteiger partial charge in [-0.2, -0.15) is 4.31 Å². The zero-order chi connectivity index (χ0) is 10.8. The Kier molecular flexibility index (Phi) is 3.17. The molecule has 0 aromatic heterocycles. The van der Waals surface area contributed by atoms with Crippen LogP contribution < -0.4 is 5.73 Å². The highest BCUT2D eigenvalue weighted by molar-refractivity contribution is 7.88. The molecule has 1 fully saturated rings. The molecule has 14 heavy (non-hydrogen) atoms. The van der Waals surface area contributed by atoms with Crippen LogP contribution in [-0.2, 0) is 10.0 Å². The summed E-state index contributed by atoms with van der Waals surface area (Å²) in [7, 11) is -3.12. The zero-order valence-electron chi connectivity index (χ0n) is 7.92. The van der Waals surface area contributed by atoms with E-state index in [0.29, 0.717) is 26.2 Å². The highest BCUT2D eigenvalue weighted by atomic mass is 32.2. The molecule has 7 nitrogen and oxygen atoms in total. The number of oxime groups is 1. The number of nitrogens with zero attached hydrogens (tertiary/aromatic N) is 3. The Balaban J connectivity index is 2.55. The van der Waals surface area contributed by atoms with Crippen LogP contribution in [0.2, 0.25) is 0 Å². The van der Waals surface area contributed by atoms with Crippen LogP contribution in [0.1, 0.15) is 0 Å². The standard InChI is InChI=1S/C6H14N4O3S/c1-14(12,13)10-4-2-9(3-5-10)6(7)8-11/h11H,2-5H2,1H3,(H2,7,8). The van der Waals surface area contributed by atoms with Crippen molar-refractivity contribution in [3.05, 3.63) is 0 Å². The number of hydrogen-bond donors (Lipinski definition) is 2. The molecule has 0 spiro atoms. The number of guanidine groups is 1. The van der Waals surface area contributed by atoms with Gasteiger partial charge in [-0.3, -0.25) is 0 Å². The Hall–Kier alpha value is -1.02. The van der Waals surface area contributed by atoms with Crippen LogP contribution in [-0.4, -0.2) is 61.2 Å². The second-order valence-corrected chi connectivity index (χ2v) is 5.09. The molecule has 0 radical (unpaired) electrons. The lowest BCUT2D eigenvalue weighted by Crippen LogP contribution is -2.52. The van der Waals surface area contributed by atoms with Crippen molar-refractivity contribution in [2.45, 2.75) is 0 Å². The second-order valence-electron chi connectivity index (χ2n) is 3.11. The summed E-state index contributed by atoms with van der Waals surface area (Å²) in [6.07, 6.45) is 1.17. The van der Waals surface area contributed by atoms with Gasteiger partial charge in [0.05, 0.1) is 6.26 Å². The van der Waals surface area contributed by atoms with Gasteiger partial charge in [-0.25, -0.2) is 8.42 Å². The van der Waals surface area contributed by atoms with E-state index in [-0.39, 0.29) is 5.96 Å². The summed E-state index contributed by atoms with van der Waals surface area (Å²) >= 11 is 0. The van der Waals surface area contributed by atoms with E-state index in [4.69, 9.17) is 10.9 Å². The third-order valence-corrected chi connectivity index (χ3v) is 3.44. The highest BCUT2D eigenvalue weighted by Crippen LogP contribution is 2.05. The minimum atomic E-state index is -3.12. The van der Waals surface area contributed by atoms with E-state index in [1.807, 2.05) is 0 Å². The average Bonchev–Trinajstić information content (AvgIpc) is 2.15. The molecule has 0 aliphatic carbocycles. The smallest absolute Gasteiger partial charge is 0.233 e. The molecule has 0 unspecified atom stereocenters. The van der Waals surface area contributed by atoms with Gasteiger partial charge in [0.25, 0.3) is 0 Å². The molecule has 0 atom stereocenters. The molecule has 8 heteroatoms. The largest absolute Gasteiger partial charge is 0.408 e. The molecule has 0 saturated carbocycles. The minimum Gasteiger partial charge on any atom is -0.408 e. The van der Waals surface area contributed by atoms with Gasteiger partial charge in [0.2, 0.25) is 16.0 Å². The van der Waals surface area contributed by atoms with Crippen LogP contribution in [0.25, 0.3) is 0 Å². The first-order valence-corrected chi connectivity index (χ1v) is 5.97. The lowest BCUT2D eigenvalue weighted by Gasteiger charge is -2.33. The van der Waals surface area contributed by atoms with Crippen molar-refractivity contribution < 1.29 is 13.6 Å². The summed E-state index contributed by atoms with van der Waals surface area (Å²) in [5, 5.41) is 11.3. The Bertz CT molecular complexity index is 318. The number of hydrogen-bond acceptors (Lipinski definition) is 4. The quantitative estimate of drug-likeness (QED) is 0.238. The number of nitrogens with two attached hydrogens (primary N) is 1. The van der Waals surface area contributed by atoms with Gasteiger partial charge in [-0.1, -0.05) is 5.16 Å². The highest BCUT2D eigenvalue weighted by Gasteiger charge is 2.24. The van der Waals surface area contributed by atoms with Crippen molar-refractivity contribution in [3.63, 3.8) is 0 Å². The van der Waals surface area contributed by atoms with Gasteiger partial charge in [0, 0.05) is 26.2 Å². The Morgan fingerprint density at radius 2 is 1.86 bits per heavy atom. The van der Waals surface area contributed by atoms with Crippen LogP contribution in [0.3, 0.4) is 0 Å². The molecule has 1 aliphatic heterocycles. The molecule has 1 heterocycles. The third kappa shape index (κ3) is 2.48. The lowest BCUT2D eigenvalue weighted by atomic mass is 10.4.